The van der Waals surface area contributed by atoms with Crippen LogP contribution in [0.1, 0.15) is 51.9 Å². The van der Waals surface area contributed by atoms with Gasteiger partial charge in [-0.1, -0.05) is 44.8 Å². The molecule has 0 aromatic rings. The van der Waals surface area contributed by atoms with Crippen molar-refractivity contribution in [2.75, 3.05) is 0 Å². The molecule has 1 aliphatic carbocycles. The lowest BCUT2D eigenvalue weighted by Crippen LogP contribution is -2.17. The van der Waals surface area contributed by atoms with E-state index >= 15 is 0 Å². The van der Waals surface area contributed by atoms with Gasteiger partial charge in [-0.2, -0.15) is 22.2 Å². The first kappa shape index (κ1) is 13.6. The molecule has 88 valence electrons. The Bertz CT molecular complexity index is 192. The first-order valence-corrected chi connectivity index (χ1v) is 10.3. The third-order valence-corrected chi connectivity index (χ3v) is 6.70. The van der Waals surface area contributed by atoms with Crippen LogP contribution in [0.4, 0.5) is 0 Å². The average Bonchev–Trinajstić information content (AvgIpc) is 2.25. The summed E-state index contributed by atoms with van der Waals surface area (Å²) in [5.41, 5.74) is 0.655. The highest BCUT2D eigenvalue weighted by Crippen LogP contribution is 2.38. The highest BCUT2D eigenvalue weighted by molar-refractivity contribution is 7.34. The minimum Gasteiger partial charge on any atom is -0.150 e. The Kier molecular flexibility index (Phi) is 7.03. The predicted octanol–water partition coefficient (Wildman–Crippen LogP) is 4.99. The predicted molar refractivity (Wildman–Crippen MR) is 73.2 cm³/mol. The first-order chi connectivity index (χ1) is 7.24. The molecule has 0 bridgehead atoms. The van der Waals surface area contributed by atoms with Gasteiger partial charge in [0.05, 0.1) is 0 Å². The molecule has 0 saturated heterocycles. The lowest BCUT2D eigenvalue weighted by molar-refractivity contribution is 0.417. The van der Waals surface area contributed by atoms with Gasteiger partial charge in [0.2, 0.25) is 7.42 Å². The second-order valence-electron chi connectivity index (χ2n) is 4.59. The Hall–Kier alpha value is 0.537. The van der Waals surface area contributed by atoms with Crippen molar-refractivity contribution < 1.29 is 0 Å². The van der Waals surface area contributed by atoms with Crippen molar-refractivity contribution in [1.29, 1.82) is 0 Å². The highest BCUT2D eigenvalue weighted by Gasteiger charge is 2.26. The molecule has 1 rings (SSSR count). The van der Waals surface area contributed by atoms with Gasteiger partial charge in [0, 0.05) is 0 Å². The first-order valence-electron chi connectivity index (χ1n) is 6.18. The van der Waals surface area contributed by atoms with Crippen LogP contribution in [0.3, 0.4) is 0 Å². The van der Waals surface area contributed by atoms with E-state index in [1.54, 1.807) is 0 Å². The molecule has 2 atom stereocenters. The fourth-order valence-corrected chi connectivity index (χ4v) is 4.70. The molecule has 0 spiro atoms. The van der Waals surface area contributed by atoms with Gasteiger partial charge >= 0.3 is 0 Å². The molecule has 0 nitrogen and oxygen atoms in total. The summed E-state index contributed by atoms with van der Waals surface area (Å²) >= 11 is 12.2. The minimum absolute atomic E-state index is 0.655. The molecule has 1 fully saturated rings. The van der Waals surface area contributed by atoms with Crippen LogP contribution in [-0.4, -0.2) is 7.42 Å². The minimum atomic E-state index is -1.43. The van der Waals surface area contributed by atoms with E-state index < -0.39 is 7.42 Å². The maximum absolute atomic E-state index is 6.09. The van der Waals surface area contributed by atoms with E-state index in [0.29, 0.717) is 5.54 Å². The molecule has 3 heteroatoms. The molecule has 1 aliphatic rings. The lowest BCUT2D eigenvalue weighted by atomic mass is 9.88. The van der Waals surface area contributed by atoms with Crippen molar-refractivity contribution in [3.8, 4) is 0 Å². The maximum Gasteiger partial charge on any atom is 0.240 e. The molecule has 0 amide bonds. The second-order valence-corrected chi connectivity index (χ2v) is 9.69. The summed E-state index contributed by atoms with van der Waals surface area (Å²) in [5.74, 6) is 0.758. The smallest absolute Gasteiger partial charge is 0.150 e. The standard InChI is InChI=1S/C12H22Cl2Si/c1-2-3-4-5-7-11-8-6-9-12(10-11)15(13)14/h5,7,11-12,15H,2-4,6,8-10H2,1H3. The Balaban J connectivity index is 2.26. The fraction of sp³-hybridized carbons (Fsp3) is 0.833. The summed E-state index contributed by atoms with van der Waals surface area (Å²) in [4.78, 5) is 0. The summed E-state index contributed by atoms with van der Waals surface area (Å²) < 4.78 is 0. The monoisotopic (exact) mass is 264 g/mol. The molecular formula is C12H22Cl2Si. The van der Waals surface area contributed by atoms with Crippen molar-refractivity contribution in [1.82, 2.24) is 0 Å². The van der Waals surface area contributed by atoms with E-state index in [9.17, 15) is 0 Å². The molecule has 0 aromatic carbocycles. The van der Waals surface area contributed by atoms with E-state index in [2.05, 4.69) is 19.1 Å². The van der Waals surface area contributed by atoms with Crippen LogP contribution in [-0.2, 0) is 0 Å². The van der Waals surface area contributed by atoms with Crippen molar-refractivity contribution in [2.45, 2.75) is 57.4 Å². The normalized spacial score (nSPS) is 27.7. The van der Waals surface area contributed by atoms with Crippen LogP contribution in [0.2, 0.25) is 5.54 Å². The third kappa shape index (κ3) is 5.42. The largest absolute Gasteiger partial charge is 0.240 e. The quantitative estimate of drug-likeness (QED) is 0.284. The van der Waals surface area contributed by atoms with E-state index in [-0.39, 0.29) is 0 Å². The summed E-state index contributed by atoms with van der Waals surface area (Å²) in [6.45, 7) is 2.24. The molecule has 0 aromatic heterocycles. The van der Waals surface area contributed by atoms with E-state index in [1.165, 1.54) is 44.9 Å². The molecule has 0 radical (unpaired) electrons. The molecule has 0 aliphatic heterocycles. The summed E-state index contributed by atoms with van der Waals surface area (Å²) in [6, 6.07) is 0. The van der Waals surface area contributed by atoms with Gasteiger partial charge in [-0.05, 0) is 30.7 Å². The van der Waals surface area contributed by atoms with Gasteiger partial charge in [-0.25, -0.2) is 0 Å². The van der Waals surface area contributed by atoms with Gasteiger partial charge in [0.15, 0.2) is 0 Å². The molecule has 1 saturated carbocycles. The number of allylic oxidation sites excluding steroid dienone is 2. The molecule has 2 unspecified atom stereocenters. The Morgan fingerprint density at radius 2 is 2.13 bits per heavy atom. The molecule has 15 heavy (non-hydrogen) atoms. The lowest BCUT2D eigenvalue weighted by Gasteiger charge is -2.27. The number of hydrogen-bond donors (Lipinski definition) is 0. The van der Waals surface area contributed by atoms with Crippen LogP contribution in [0.15, 0.2) is 12.2 Å². The van der Waals surface area contributed by atoms with Gasteiger partial charge in [-0.3, -0.25) is 0 Å². The maximum atomic E-state index is 6.09. The van der Waals surface area contributed by atoms with Crippen molar-refractivity contribution in [2.24, 2.45) is 5.92 Å². The number of rotatable bonds is 5. The van der Waals surface area contributed by atoms with Gasteiger partial charge in [0.1, 0.15) is 0 Å². The average molecular weight is 265 g/mol. The van der Waals surface area contributed by atoms with Crippen LogP contribution in [0, 0.1) is 5.92 Å². The number of unbranched alkanes of at least 4 members (excludes halogenated alkanes) is 2. The zero-order chi connectivity index (χ0) is 11.1. The van der Waals surface area contributed by atoms with E-state index in [1.807, 2.05) is 0 Å². The zero-order valence-corrected chi connectivity index (χ0v) is 12.3. The zero-order valence-electron chi connectivity index (χ0n) is 9.59. The van der Waals surface area contributed by atoms with Crippen LogP contribution in [0.5, 0.6) is 0 Å². The second kappa shape index (κ2) is 7.75. The van der Waals surface area contributed by atoms with Crippen molar-refractivity contribution in [3.63, 3.8) is 0 Å². The highest BCUT2D eigenvalue weighted by atomic mass is 35.7. The Labute approximate surface area is 105 Å². The summed E-state index contributed by atoms with van der Waals surface area (Å²) in [5, 5.41) is 0. The molecule has 0 heterocycles. The molecule has 0 N–H and O–H groups in total. The van der Waals surface area contributed by atoms with E-state index in [0.717, 1.165) is 5.92 Å². The summed E-state index contributed by atoms with van der Waals surface area (Å²) in [6.07, 6.45) is 13.8. The van der Waals surface area contributed by atoms with Gasteiger partial charge in [-0.15, -0.1) is 0 Å². The fourth-order valence-electron chi connectivity index (χ4n) is 2.28. The molecular weight excluding hydrogens is 243 g/mol. The third-order valence-electron chi connectivity index (χ3n) is 3.24. The number of halogens is 2. The van der Waals surface area contributed by atoms with Gasteiger partial charge < -0.3 is 0 Å². The van der Waals surface area contributed by atoms with Crippen LogP contribution < -0.4 is 0 Å². The Morgan fingerprint density at radius 3 is 2.80 bits per heavy atom. The van der Waals surface area contributed by atoms with E-state index in [4.69, 9.17) is 22.2 Å². The SMILES string of the molecule is CCCCC=CC1CCCC([SiH](Cl)Cl)C1. The Morgan fingerprint density at radius 1 is 1.33 bits per heavy atom. The topological polar surface area (TPSA) is 0 Å². The van der Waals surface area contributed by atoms with Crippen molar-refractivity contribution in [3.05, 3.63) is 12.2 Å². The van der Waals surface area contributed by atoms with Crippen LogP contribution in [0.25, 0.3) is 0 Å². The van der Waals surface area contributed by atoms with Crippen LogP contribution >= 0.6 is 22.2 Å². The van der Waals surface area contributed by atoms with Crippen molar-refractivity contribution >= 4 is 29.6 Å². The summed E-state index contributed by atoms with van der Waals surface area (Å²) in [7, 11) is -1.43. The van der Waals surface area contributed by atoms with Gasteiger partial charge in [0.25, 0.3) is 0 Å². The number of hydrogen-bond acceptors (Lipinski definition) is 0.